The third-order valence-corrected chi connectivity index (χ3v) is 2.22. The summed E-state index contributed by atoms with van der Waals surface area (Å²) in [5.41, 5.74) is -0.927. The van der Waals surface area contributed by atoms with E-state index in [-0.39, 0.29) is 0 Å². The zero-order valence-corrected chi connectivity index (χ0v) is 7.91. The van der Waals surface area contributed by atoms with Gasteiger partial charge in [-0.2, -0.15) is 0 Å². The van der Waals surface area contributed by atoms with E-state index < -0.39 is 28.5 Å². The molecule has 0 atom stereocenters. The van der Waals surface area contributed by atoms with E-state index in [1.165, 1.54) is 0 Å². The van der Waals surface area contributed by atoms with Crippen LogP contribution in [0.4, 0.5) is 17.6 Å². The first-order chi connectivity index (χ1) is 5.99. The Morgan fingerprint density at radius 2 is 1.85 bits per heavy atom. The second kappa shape index (κ2) is 3.65. The predicted molar refractivity (Wildman–Crippen MR) is 44.0 cm³/mol. The van der Waals surface area contributed by atoms with Gasteiger partial charge in [-0.1, -0.05) is 22.0 Å². The van der Waals surface area contributed by atoms with Gasteiger partial charge in [0.1, 0.15) is 0 Å². The monoisotopic (exact) mass is 256 g/mol. The molecule has 0 nitrogen and oxygen atoms in total. The van der Waals surface area contributed by atoms with Crippen LogP contribution in [-0.2, 0) is 5.92 Å². The molecule has 0 aliphatic rings. The molecule has 13 heavy (non-hydrogen) atoms. The van der Waals surface area contributed by atoms with Gasteiger partial charge in [-0.05, 0) is 12.1 Å². The fourth-order valence-corrected chi connectivity index (χ4v) is 1.16. The van der Waals surface area contributed by atoms with E-state index in [9.17, 15) is 17.6 Å². The molecule has 0 unspecified atom stereocenters. The summed E-state index contributed by atoms with van der Waals surface area (Å²) in [5.74, 6) is -6.14. The van der Waals surface area contributed by atoms with Crippen LogP contribution in [0.5, 0.6) is 0 Å². The second-order valence-corrected chi connectivity index (χ2v) is 3.00. The number of benzene rings is 1. The van der Waals surface area contributed by atoms with Crippen LogP contribution in [0.2, 0.25) is 0 Å². The molecule has 5 heteroatoms. The van der Waals surface area contributed by atoms with Crippen LogP contribution in [0.1, 0.15) is 5.56 Å². The minimum Gasteiger partial charge on any atom is -0.204 e. The van der Waals surface area contributed by atoms with Crippen LogP contribution in [0.3, 0.4) is 0 Å². The predicted octanol–water partition coefficient (Wildman–Crippen LogP) is 3.45. The molecule has 0 aliphatic carbocycles. The van der Waals surface area contributed by atoms with E-state index in [1.54, 1.807) is 0 Å². The fourth-order valence-electron chi connectivity index (χ4n) is 0.858. The highest BCUT2D eigenvalue weighted by Crippen LogP contribution is 2.32. The molecule has 1 aromatic carbocycles. The van der Waals surface area contributed by atoms with Crippen molar-refractivity contribution in [2.75, 3.05) is 5.33 Å². The molecular weight excluding hydrogens is 252 g/mol. The fraction of sp³-hybridized carbons (Fsp3) is 0.250. The lowest BCUT2D eigenvalue weighted by molar-refractivity contribution is 0.0201. The van der Waals surface area contributed by atoms with Crippen LogP contribution < -0.4 is 0 Å². The van der Waals surface area contributed by atoms with Crippen molar-refractivity contribution in [3.8, 4) is 0 Å². The third-order valence-electron chi connectivity index (χ3n) is 1.51. The highest BCUT2D eigenvalue weighted by atomic mass is 79.9. The van der Waals surface area contributed by atoms with Gasteiger partial charge in [0, 0.05) is 0 Å². The van der Waals surface area contributed by atoms with Crippen molar-refractivity contribution in [2.24, 2.45) is 0 Å². The molecule has 0 aliphatic heterocycles. The maximum atomic E-state index is 12.9. The Bertz CT molecular complexity index is 311. The normalized spacial score (nSPS) is 11.8. The van der Waals surface area contributed by atoms with E-state index >= 15 is 0 Å². The first-order valence-electron chi connectivity index (χ1n) is 3.37. The number of rotatable bonds is 2. The topological polar surface area (TPSA) is 0 Å². The molecule has 0 fully saturated rings. The van der Waals surface area contributed by atoms with Gasteiger partial charge in [-0.15, -0.1) is 0 Å². The first-order valence-corrected chi connectivity index (χ1v) is 4.49. The van der Waals surface area contributed by atoms with Crippen LogP contribution in [0, 0.1) is 11.6 Å². The molecule has 1 aromatic rings. The van der Waals surface area contributed by atoms with Gasteiger partial charge in [-0.25, -0.2) is 17.6 Å². The molecule has 0 saturated carbocycles. The van der Waals surface area contributed by atoms with Gasteiger partial charge in [0.2, 0.25) is 0 Å². The minimum atomic E-state index is -3.38. The number of halogens is 5. The summed E-state index contributed by atoms with van der Waals surface area (Å²) in [6, 6.07) is 2.70. The Kier molecular flexibility index (Phi) is 2.95. The lowest BCUT2D eigenvalue weighted by Gasteiger charge is -2.13. The first kappa shape index (κ1) is 10.5. The standard InChI is InChI=1S/C8H5BrF4/c9-4-8(12,13)5-2-1-3-6(10)7(5)11/h1-3H,4H2. The van der Waals surface area contributed by atoms with Crippen molar-refractivity contribution in [3.63, 3.8) is 0 Å². The SMILES string of the molecule is Fc1cccc(C(F)(F)CBr)c1F. The number of hydrogen-bond acceptors (Lipinski definition) is 0. The Balaban J connectivity index is 3.22. The van der Waals surface area contributed by atoms with Crippen molar-refractivity contribution in [1.82, 2.24) is 0 Å². The molecule has 0 spiro atoms. The number of alkyl halides is 3. The molecule has 72 valence electrons. The van der Waals surface area contributed by atoms with E-state index in [2.05, 4.69) is 15.9 Å². The van der Waals surface area contributed by atoms with Crippen molar-refractivity contribution < 1.29 is 17.6 Å². The van der Waals surface area contributed by atoms with Crippen LogP contribution in [-0.4, -0.2) is 5.33 Å². The summed E-state index contributed by atoms with van der Waals surface area (Å²) in [4.78, 5) is 0. The lowest BCUT2D eigenvalue weighted by atomic mass is 10.1. The van der Waals surface area contributed by atoms with Crippen LogP contribution in [0.25, 0.3) is 0 Å². The van der Waals surface area contributed by atoms with Gasteiger partial charge in [-0.3, -0.25) is 0 Å². The Morgan fingerprint density at radius 3 is 2.38 bits per heavy atom. The summed E-state index contributed by atoms with van der Waals surface area (Å²) in [6.07, 6.45) is 0. The molecular formula is C8H5BrF4. The summed E-state index contributed by atoms with van der Waals surface area (Å²) >= 11 is 2.53. The van der Waals surface area contributed by atoms with Gasteiger partial charge in [0.05, 0.1) is 10.9 Å². The second-order valence-electron chi connectivity index (χ2n) is 2.44. The summed E-state index contributed by atoms with van der Waals surface area (Å²) < 4.78 is 51.1. The molecule has 0 heterocycles. The van der Waals surface area contributed by atoms with E-state index in [0.717, 1.165) is 18.2 Å². The highest BCUT2D eigenvalue weighted by molar-refractivity contribution is 9.09. The number of hydrogen-bond donors (Lipinski definition) is 0. The van der Waals surface area contributed by atoms with Gasteiger partial charge < -0.3 is 0 Å². The van der Waals surface area contributed by atoms with Crippen LogP contribution >= 0.6 is 15.9 Å². The molecule has 0 radical (unpaired) electrons. The molecule has 0 aromatic heterocycles. The summed E-state index contributed by atoms with van der Waals surface area (Å²) in [6.45, 7) is 0. The lowest BCUT2D eigenvalue weighted by Crippen LogP contribution is -2.17. The Hall–Kier alpha value is -0.580. The molecule has 0 saturated heterocycles. The minimum absolute atomic E-state index is 0.736. The average molecular weight is 257 g/mol. The Morgan fingerprint density at radius 1 is 1.23 bits per heavy atom. The van der Waals surface area contributed by atoms with Crippen molar-refractivity contribution in [1.29, 1.82) is 0 Å². The maximum Gasteiger partial charge on any atom is 0.285 e. The molecule has 0 N–H and O–H groups in total. The highest BCUT2D eigenvalue weighted by Gasteiger charge is 2.34. The smallest absolute Gasteiger partial charge is 0.204 e. The molecule has 0 bridgehead atoms. The third kappa shape index (κ3) is 2.02. The van der Waals surface area contributed by atoms with Crippen molar-refractivity contribution in [2.45, 2.75) is 5.92 Å². The van der Waals surface area contributed by atoms with Crippen molar-refractivity contribution >= 4 is 15.9 Å². The summed E-state index contributed by atoms with van der Waals surface area (Å²) in [5, 5.41) is -0.736. The van der Waals surface area contributed by atoms with E-state index in [0.29, 0.717) is 0 Å². The zero-order valence-electron chi connectivity index (χ0n) is 6.33. The Labute approximate surface area is 80.7 Å². The van der Waals surface area contributed by atoms with Gasteiger partial charge in [0.15, 0.2) is 11.6 Å². The summed E-state index contributed by atoms with van der Waals surface area (Å²) in [7, 11) is 0. The van der Waals surface area contributed by atoms with Crippen LogP contribution in [0.15, 0.2) is 18.2 Å². The van der Waals surface area contributed by atoms with Crippen molar-refractivity contribution in [3.05, 3.63) is 35.4 Å². The van der Waals surface area contributed by atoms with Gasteiger partial charge >= 0.3 is 0 Å². The van der Waals surface area contributed by atoms with Gasteiger partial charge in [0.25, 0.3) is 5.92 Å². The molecule has 0 amide bonds. The largest absolute Gasteiger partial charge is 0.285 e. The zero-order chi connectivity index (χ0) is 10.1. The van der Waals surface area contributed by atoms with E-state index in [1.807, 2.05) is 0 Å². The maximum absolute atomic E-state index is 12.9. The average Bonchev–Trinajstić information content (AvgIpc) is 2.09. The molecule has 1 rings (SSSR count). The quantitative estimate of drug-likeness (QED) is 0.562. The van der Waals surface area contributed by atoms with E-state index in [4.69, 9.17) is 0 Å².